The number of esters is 1. The average molecular weight is 204 g/mol. The normalized spacial score (nSPS) is 10.2. The lowest BCUT2D eigenvalue weighted by molar-refractivity contribution is -0.137. The van der Waals surface area contributed by atoms with Crippen molar-refractivity contribution in [2.45, 2.75) is 0 Å². The van der Waals surface area contributed by atoms with Crippen molar-refractivity contribution in [1.29, 1.82) is 0 Å². The second kappa shape index (κ2) is 4.02. The summed E-state index contributed by atoms with van der Waals surface area (Å²) in [5.74, 6) is -0.317. The summed E-state index contributed by atoms with van der Waals surface area (Å²) in [5, 5.41) is 9.29. The van der Waals surface area contributed by atoms with Crippen LogP contribution >= 0.6 is 0 Å². The van der Waals surface area contributed by atoms with Crippen molar-refractivity contribution in [1.82, 2.24) is 9.97 Å². The van der Waals surface area contributed by atoms with Gasteiger partial charge in [-0.25, -0.2) is 14.8 Å². The Morgan fingerprint density at radius 3 is 3.13 bits per heavy atom. The molecule has 0 saturated heterocycles. The standard InChI is InChI=1S/C10H8N2O3/c13-5-10(14)15-8-1-2-9-7(3-8)4-11-6-12-9/h1-4,6,13H,5H2. The first kappa shape index (κ1) is 9.54. The topological polar surface area (TPSA) is 72.3 Å². The number of rotatable bonds is 2. The first-order valence-electron chi connectivity index (χ1n) is 4.31. The van der Waals surface area contributed by atoms with E-state index in [0.717, 1.165) is 10.9 Å². The Hall–Kier alpha value is -2.01. The predicted octanol–water partition coefficient (Wildman–Crippen LogP) is 0.527. The van der Waals surface area contributed by atoms with Crippen LogP contribution in [0.3, 0.4) is 0 Å². The molecule has 2 aromatic rings. The van der Waals surface area contributed by atoms with E-state index in [9.17, 15) is 4.79 Å². The summed E-state index contributed by atoms with van der Waals surface area (Å²) in [5.41, 5.74) is 0.772. The maximum Gasteiger partial charge on any atom is 0.337 e. The van der Waals surface area contributed by atoms with Gasteiger partial charge >= 0.3 is 5.97 Å². The second-order valence-corrected chi connectivity index (χ2v) is 2.88. The molecule has 76 valence electrons. The Kier molecular flexibility index (Phi) is 2.55. The summed E-state index contributed by atoms with van der Waals surface area (Å²) in [4.78, 5) is 18.7. The van der Waals surface area contributed by atoms with Crippen LogP contribution in [-0.4, -0.2) is 27.7 Å². The van der Waals surface area contributed by atoms with Gasteiger partial charge < -0.3 is 9.84 Å². The number of aliphatic hydroxyl groups is 1. The monoisotopic (exact) mass is 204 g/mol. The molecule has 0 saturated carbocycles. The number of benzene rings is 1. The van der Waals surface area contributed by atoms with E-state index in [2.05, 4.69) is 9.97 Å². The third-order valence-corrected chi connectivity index (χ3v) is 1.84. The molecule has 2 rings (SSSR count). The molecule has 1 aromatic heterocycles. The lowest BCUT2D eigenvalue weighted by Gasteiger charge is -2.02. The van der Waals surface area contributed by atoms with Crippen LogP contribution in [0.2, 0.25) is 0 Å². The van der Waals surface area contributed by atoms with Crippen LogP contribution in [-0.2, 0) is 4.79 Å². The first-order chi connectivity index (χ1) is 7.29. The summed E-state index contributed by atoms with van der Waals surface area (Å²) in [7, 11) is 0. The van der Waals surface area contributed by atoms with E-state index in [1.807, 2.05) is 0 Å². The predicted molar refractivity (Wildman–Crippen MR) is 52.3 cm³/mol. The molecule has 0 atom stereocenters. The Morgan fingerprint density at radius 2 is 2.33 bits per heavy atom. The van der Waals surface area contributed by atoms with Crippen LogP contribution in [0.1, 0.15) is 0 Å². The molecule has 5 nitrogen and oxygen atoms in total. The van der Waals surface area contributed by atoms with Crippen molar-refractivity contribution in [2.24, 2.45) is 0 Å². The van der Waals surface area contributed by atoms with E-state index in [4.69, 9.17) is 9.84 Å². The zero-order valence-corrected chi connectivity index (χ0v) is 7.75. The van der Waals surface area contributed by atoms with Crippen LogP contribution in [0.25, 0.3) is 10.9 Å². The zero-order chi connectivity index (χ0) is 10.7. The van der Waals surface area contributed by atoms with Crippen LogP contribution in [0, 0.1) is 0 Å². The van der Waals surface area contributed by atoms with E-state index in [1.54, 1.807) is 24.4 Å². The van der Waals surface area contributed by atoms with E-state index >= 15 is 0 Å². The fourth-order valence-electron chi connectivity index (χ4n) is 1.19. The van der Waals surface area contributed by atoms with Gasteiger partial charge in [-0.3, -0.25) is 0 Å². The SMILES string of the molecule is O=C(CO)Oc1ccc2ncncc2c1. The van der Waals surface area contributed by atoms with Crippen molar-refractivity contribution in [3.05, 3.63) is 30.7 Å². The molecular weight excluding hydrogens is 196 g/mol. The van der Waals surface area contributed by atoms with Gasteiger partial charge in [0.2, 0.25) is 0 Å². The van der Waals surface area contributed by atoms with Crippen molar-refractivity contribution in [2.75, 3.05) is 6.61 Å². The molecule has 1 heterocycles. The maximum atomic E-state index is 10.8. The molecular formula is C10H8N2O3. The zero-order valence-electron chi connectivity index (χ0n) is 7.75. The number of aromatic nitrogens is 2. The number of ether oxygens (including phenoxy) is 1. The molecule has 0 aliphatic heterocycles. The average Bonchev–Trinajstić information content (AvgIpc) is 2.29. The highest BCUT2D eigenvalue weighted by atomic mass is 16.5. The van der Waals surface area contributed by atoms with Gasteiger partial charge in [-0.1, -0.05) is 0 Å². The largest absolute Gasteiger partial charge is 0.425 e. The quantitative estimate of drug-likeness (QED) is 0.570. The van der Waals surface area contributed by atoms with Gasteiger partial charge in [0.25, 0.3) is 0 Å². The smallest absolute Gasteiger partial charge is 0.337 e. The van der Waals surface area contributed by atoms with E-state index < -0.39 is 12.6 Å². The van der Waals surface area contributed by atoms with Crippen molar-refractivity contribution < 1.29 is 14.6 Å². The molecule has 0 bridgehead atoms. The maximum absolute atomic E-state index is 10.8. The molecule has 0 aliphatic rings. The number of carbonyl (C=O) groups excluding carboxylic acids is 1. The minimum absolute atomic E-state index is 0.372. The highest BCUT2D eigenvalue weighted by molar-refractivity contribution is 5.80. The number of hydrogen-bond acceptors (Lipinski definition) is 5. The van der Waals surface area contributed by atoms with Crippen LogP contribution in [0.15, 0.2) is 30.7 Å². The van der Waals surface area contributed by atoms with Gasteiger partial charge in [-0.15, -0.1) is 0 Å². The lowest BCUT2D eigenvalue weighted by atomic mass is 10.2. The van der Waals surface area contributed by atoms with Crippen LogP contribution < -0.4 is 4.74 Å². The summed E-state index contributed by atoms with van der Waals surface area (Å²) in [6.07, 6.45) is 3.07. The Bertz CT molecular complexity index is 499. The van der Waals surface area contributed by atoms with Crippen molar-refractivity contribution in [3.8, 4) is 5.75 Å². The number of hydrogen-bond donors (Lipinski definition) is 1. The molecule has 1 aromatic carbocycles. The number of nitrogens with zero attached hydrogens (tertiary/aromatic N) is 2. The summed E-state index contributed by atoms with van der Waals surface area (Å²) in [6.45, 7) is -0.636. The van der Waals surface area contributed by atoms with E-state index in [-0.39, 0.29) is 0 Å². The van der Waals surface area contributed by atoms with Crippen molar-refractivity contribution >= 4 is 16.9 Å². The number of aliphatic hydroxyl groups excluding tert-OH is 1. The minimum Gasteiger partial charge on any atom is -0.425 e. The molecule has 1 N–H and O–H groups in total. The molecule has 0 spiro atoms. The highest BCUT2D eigenvalue weighted by Crippen LogP contribution is 2.18. The fourth-order valence-corrected chi connectivity index (χ4v) is 1.19. The Labute approximate surface area is 85.4 Å². The van der Waals surface area contributed by atoms with E-state index in [1.165, 1.54) is 6.33 Å². The van der Waals surface area contributed by atoms with Gasteiger partial charge in [-0.2, -0.15) is 0 Å². The molecule has 5 heteroatoms. The van der Waals surface area contributed by atoms with Crippen molar-refractivity contribution in [3.63, 3.8) is 0 Å². The molecule has 0 unspecified atom stereocenters. The second-order valence-electron chi connectivity index (χ2n) is 2.88. The third kappa shape index (κ3) is 2.08. The molecule has 15 heavy (non-hydrogen) atoms. The highest BCUT2D eigenvalue weighted by Gasteiger charge is 2.03. The number of fused-ring (bicyclic) bond motifs is 1. The van der Waals surface area contributed by atoms with Gasteiger partial charge in [-0.05, 0) is 18.2 Å². The van der Waals surface area contributed by atoms with Gasteiger partial charge in [0.1, 0.15) is 18.7 Å². The molecule has 0 fully saturated rings. The molecule has 0 amide bonds. The Balaban J connectivity index is 2.34. The van der Waals surface area contributed by atoms with Gasteiger partial charge in [0.15, 0.2) is 0 Å². The summed E-state index contributed by atoms with van der Waals surface area (Å²) < 4.78 is 4.83. The van der Waals surface area contributed by atoms with Gasteiger partial charge in [0, 0.05) is 11.6 Å². The van der Waals surface area contributed by atoms with Crippen LogP contribution in [0.4, 0.5) is 0 Å². The number of carbonyl (C=O) groups is 1. The van der Waals surface area contributed by atoms with Gasteiger partial charge in [0.05, 0.1) is 5.52 Å². The van der Waals surface area contributed by atoms with E-state index in [0.29, 0.717) is 5.75 Å². The summed E-state index contributed by atoms with van der Waals surface area (Å²) >= 11 is 0. The fraction of sp³-hybridized carbons (Fsp3) is 0.100. The minimum atomic E-state index is -0.689. The molecule has 0 aliphatic carbocycles. The summed E-state index contributed by atoms with van der Waals surface area (Å²) in [6, 6.07) is 4.97. The van der Waals surface area contributed by atoms with Crippen LogP contribution in [0.5, 0.6) is 5.75 Å². The lowest BCUT2D eigenvalue weighted by Crippen LogP contribution is -2.11. The Morgan fingerprint density at radius 1 is 1.47 bits per heavy atom. The third-order valence-electron chi connectivity index (χ3n) is 1.84. The first-order valence-corrected chi connectivity index (χ1v) is 4.31. The molecule has 0 radical (unpaired) electrons.